The first-order valence-electron chi connectivity index (χ1n) is 5.11. The lowest BCUT2D eigenvalue weighted by molar-refractivity contribution is -0.121. The predicted molar refractivity (Wildman–Crippen MR) is 56.1 cm³/mol. The molecule has 0 spiro atoms. The van der Waals surface area contributed by atoms with Gasteiger partial charge in [-0.25, -0.2) is 8.42 Å². The minimum Gasteiger partial charge on any atom is -0.392 e. The second kappa shape index (κ2) is 4.94. The van der Waals surface area contributed by atoms with Crippen LogP contribution in [0.4, 0.5) is 0 Å². The lowest BCUT2D eigenvalue weighted by Gasteiger charge is -2.21. The quantitative estimate of drug-likeness (QED) is 0.687. The largest absolute Gasteiger partial charge is 0.392 e. The molecule has 0 aromatic carbocycles. The summed E-state index contributed by atoms with van der Waals surface area (Å²) in [6, 6.07) is 0. The normalized spacial score (nSPS) is 26.9. The number of aliphatic hydroxyl groups is 1. The molecule has 2 N–H and O–H groups in total. The molecular formula is C9H17NO4S. The van der Waals surface area contributed by atoms with E-state index in [9.17, 15) is 13.2 Å². The summed E-state index contributed by atoms with van der Waals surface area (Å²) < 4.78 is 23.1. The van der Waals surface area contributed by atoms with Gasteiger partial charge >= 0.3 is 0 Å². The Kier molecular flexibility index (Phi) is 4.10. The van der Waals surface area contributed by atoms with Crippen LogP contribution in [0.25, 0.3) is 0 Å². The third kappa shape index (κ3) is 3.46. The molecule has 0 bridgehead atoms. The van der Waals surface area contributed by atoms with Crippen molar-refractivity contribution in [2.24, 2.45) is 0 Å². The average molecular weight is 235 g/mol. The number of sulfone groups is 1. The molecule has 0 saturated carbocycles. The predicted octanol–water partition coefficient (Wildman–Crippen LogP) is -0.549. The van der Waals surface area contributed by atoms with Crippen LogP contribution in [0.2, 0.25) is 0 Å². The smallest absolute Gasteiger partial charge is 0.238 e. The maximum Gasteiger partial charge on any atom is 0.238 e. The highest BCUT2D eigenvalue weighted by Gasteiger charge is 2.34. The maximum absolute atomic E-state index is 11.5. The van der Waals surface area contributed by atoms with Crippen molar-refractivity contribution in [1.82, 2.24) is 5.32 Å². The van der Waals surface area contributed by atoms with Gasteiger partial charge in [-0.2, -0.15) is 0 Å². The van der Waals surface area contributed by atoms with Gasteiger partial charge in [-0.05, 0) is 19.8 Å². The van der Waals surface area contributed by atoms with Gasteiger partial charge in [0.25, 0.3) is 0 Å². The molecule has 6 heteroatoms. The van der Waals surface area contributed by atoms with Crippen LogP contribution >= 0.6 is 0 Å². The molecule has 1 heterocycles. The van der Waals surface area contributed by atoms with Crippen LogP contribution in [0.1, 0.15) is 26.2 Å². The number of nitrogens with one attached hydrogen (secondary N) is 1. The van der Waals surface area contributed by atoms with E-state index in [1.807, 2.05) is 0 Å². The van der Waals surface area contributed by atoms with Crippen LogP contribution in [0, 0.1) is 0 Å². The van der Waals surface area contributed by atoms with Crippen molar-refractivity contribution < 1.29 is 18.3 Å². The van der Waals surface area contributed by atoms with Gasteiger partial charge in [0.05, 0.1) is 11.9 Å². The van der Waals surface area contributed by atoms with Gasteiger partial charge in [-0.1, -0.05) is 6.42 Å². The highest BCUT2D eigenvalue weighted by atomic mass is 32.2. The Balaban J connectivity index is 2.58. The lowest BCUT2D eigenvalue weighted by Crippen LogP contribution is -2.44. The highest BCUT2D eigenvalue weighted by molar-refractivity contribution is 7.92. The molecule has 1 amide bonds. The zero-order valence-electron chi connectivity index (χ0n) is 8.77. The molecule has 88 valence electrons. The number of carbonyl (C=O) groups is 1. The second-order valence-electron chi connectivity index (χ2n) is 3.95. The minimum absolute atomic E-state index is 0.0970. The Morgan fingerprint density at radius 2 is 2.20 bits per heavy atom. The van der Waals surface area contributed by atoms with E-state index in [-0.39, 0.29) is 12.3 Å². The van der Waals surface area contributed by atoms with E-state index in [2.05, 4.69) is 5.32 Å². The van der Waals surface area contributed by atoms with Gasteiger partial charge in [-0.15, -0.1) is 0 Å². The molecular weight excluding hydrogens is 218 g/mol. The Bertz CT molecular complexity index is 323. The number of amides is 1. The summed E-state index contributed by atoms with van der Waals surface area (Å²) in [5.74, 6) is -0.379. The molecule has 1 fully saturated rings. The summed E-state index contributed by atoms with van der Waals surface area (Å²) in [6.07, 6.45) is 1.16. The van der Waals surface area contributed by atoms with E-state index in [1.54, 1.807) is 0 Å². The summed E-state index contributed by atoms with van der Waals surface area (Å²) >= 11 is 0. The van der Waals surface area contributed by atoms with Crippen molar-refractivity contribution in [2.75, 3.05) is 12.3 Å². The summed E-state index contributed by atoms with van der Waals surface area (Å²) in [5.41, 5.74) is 0. The van der Waals surface area contributed by atoms with Gasteiger partial charge in [0.2, 0.25) is 5.91 Å². The Morgan fingerprint density at radius 1 is 1.53 bits per heavy atom. The molecule has 1 aliphatic heterocycles. The van der Waals surface area contributed by atoms with Gasteiger partial charge in [-0.3, -0.25) is 4.79 Å². The highest BCUT2D eigenvalue weighted by Crippen LogP contribution is 2.19. The lowest BCUT2D eigenvalue weighted by atomic mass is 10.2. The number of hydrogen-bond donors (Lipinski definition) is 2. The summed E-state index contributed by atoms with van der Waals surface area (Å²) in [7, 11) is -3.26. The van der Waals surface area contributed by atoms with Gasteiger partial charge in [0, 0.05) is 6.54 Å². The number of rotatable bonds is 3. The van der Waals surface area contributed by atoms with Crippen LogP contribution in [0.3, 0.4) is 0 Å². The Hall–Kier alpha value is -0.620. The third-order valence-electron chi connectivity index (χ3n) is 2.44. The fraction of sp³-hybridized carbons (Fsp3) is 0.889. The van der Waals surface area contributed by atoms with E-state index >= 15 is 0 Å². The Morgan fingerprint density at radius 3 is 2.73 bits per heavy atom. The first-order chi connectivity index (χ1) is 6.93. The molecule has 1 rings (SSSR count). The standard InChI is InChI=1S/C9H17NO4S/c1-7(11)6-10-9(12)8-4-2-3-5-15(8,13)14/h7-8,11H,2-6H2,1H3,(H,10,12). The molecule has 15 heavy (non-hydrogen) atoms. The van der Waals surface area contributed by atoms with Crippen molar-refractivity contribution >= 4 is 15.7 Å². The van der Waals surface area contributed by atoms with Crippen LogP contribution in [0.5, 0.6) is 0 Å². The summed E-state index contributed by atoms with van der Waals surface area (Å²) in [4.78, 5) is 11.5. The van der Waals surface area contributed by atoms with Crippen molar-refractivity contribution in [3.63, 3.8) is 0 Å². The first-order valence-corrected chi connectivity index (χ1v) is 6.82. The molecule has 1 aliphatic rings. The SMILES string of the molecule is CC(O)CNC(=O)C1CCCCS1(=O)=O. The topological polar surface area (TPSA) is 83.5 Å². The van der Waals surface area contributed by atoms with Gasteiger partial charge < -0.3 is 10.4 Å². The minimum atomic E-state index is -3.26. The van der Waals surface area contributed by atoms with E-state index < -0.39 is 27.1 Å². The van der Waals surface area contributed by atoms with Crippen LogP contribution in [0.15, 0.2) is 0 Å². The number of aliphatic hydroxyl groups excluding tert-OH is 1. The first kappa shape index (κ1) is 12.4. The molecule has 2 unspecified atom stereocenters. The molecule has 0 aromatic rings. The molecule has 2 atom stereocenters. The van der Waals surface area contributed by atoms with E-state index in [0.29, 0.717) is 12.8 Å². The molecule has 0 aromatic heterocycles. The fourth-order valence-electron chi connectivity index (χ4n) is 1.61. The third-order valence-corrected chi connectivity index (χ3v) is 4.62. The molecule has 1 saturated heterocycles. The molecule has 5 nitrogen and oxygen atoms in total. The van der Waals surface area contributed by atoms with Crippen LogP contribution in [-0.4, -0.2) is 43.1 Å². The summed E-state index contributed by atoms with van der Waals surface area (Å²) in [6.45, 7) is 1.64. The second-order valence-corrected chi connectivity index (χ2v) is 6.25. The zero-order chi connectivity index (χ0) is 11.5. The van der Waals surface area contributed by atoms with E-state index in [4.69, 9.17) is 5.11 Å². The maximum atomic E-state index is 11.5. The van der Waals surface area contributed by atoms with Crippen molar-refractivity contribution in [1.29, 1.82) is 0 Å². The van der Waals surface area contributed by atoms with Gasteiger partial charge in [0.15, 0.2) is 9.84 Å². The molecule has 0 radical (unpaired) electrons. The number of carbonyl (C=O) groups excluding carboxylic acids is 1. The Labute approximate surface area is 89.8 Å². The fourth-order valence-corrected chi connectivity index (χ4v) is 3.44. The van der Waals surface area contributed by atoms with Crippen molar-refractivity contribution in [3.8, 4) is 0 Å². The van der Waals surface area contributed by atoms with Crippen LogP contribution in [-0.2, 0) is 14.6 Å². The van der Waals surface area contributed by atoms with Crippen molar-refractivity contribution in [3.05, 3.63) is 0 Å². The van der Waals surface area contributed by atoms with E-state index in [1.165, 1.54) is 6.92 Å². The van der Waals surface area contributed by atoms with E-state index in [0.717, 1.165) is 6.42 Å². The number of hydrogen-bond acceptors (Lipinski definition) is 4. The van der Waals surface area contributed by atoms with Crippen molar-refractivity contribution in [2.45, 2.75) is 37.5 Å². The van der Waals surface area contributed by atoms with Gasteiger partial charge in [0.1, 0.15) is 5.25 Å². The van der Waals surface area contributed by atoms with Crippen LogP contribution < -0.4 is 5.32 Å². The molecule has 0 aliphatic carbocycles. The average Bonchev–Trinajstić information content (AvgIpc) is 2.13. The summed E-state index contributed by atoms with van der Waals surface area (Å²) in [5, 5.41) is 10.5. The zero-order valence-corrected chi connectivity index (χ0v) is 9.59. The monoisotopic (exact) mass is 235 g/mol.